The van der Waals surface area contributed by atoms with Crippen molar-refractivity contribution in [1.29, 1.82) is 0 Å². The number of rotatable bonds is 8. The number of alkyl halides is 5. The summed E-state index contributed by atoms with van der Waals surface area (Å²) in [6.07, 6.45) is -1.96. The van der Waals surface area contributed by atoms with Gasteiger partial charge < -0.3 is 9.84 Å². The third kappa shape index (κ3) is 6.99. The van der Waals surface area contributed by atoms with Crippen LogP contribution in [-0.2, 0) is 10.8 Å². The smallest absolute Gasteiger partial charge is 0.465 e. The Kier molecular flexibility index (Phi) is 8.76. The van der Waals surface area contributed by atoms with Crippen LogP contribution in [0.25, 0.3) is 0 Å². The van der Waals surface area contributed by atoms with Gasteiger partial charge in [-0.15, -0.1) is 13.2 Å². The van der Waals surface area contributed by atoms with Crippen molar-refractivity contribution in [2.24, 2.45) is 23.7 Å². The number of ether oxygens (including phenoxy) is 2. The first-order chi connectivity index (χ1) is 15.9. The Hall–Kier alpha value is -1.55. The molecule has 1 unspecified atom stereocenters. The maximum Gasteiger partial charge on any atom is 0.527 e. The molecule has 0 radical (unpaired) electrons. The Balaban J connectivity index is 1.55. The number of aliphatic hydroxyl groups is 1. The van der Waals surface area contributed by atoms with Crippen LogP contribution < -0.4 is 4.74 Å². The van der Waals surface area contributed by atoms with Crippen molar-refractivity contribution < 1.29 is 45.3 Å². The zero-order valence-electron chi connectivity index (χ0n) is 19.0. The maximum absolute atomic E-state index is 14.1. The first-order valence-electron chi connectivity index (χ1n) is 11.9. The van der Waals surface area contributed by atoms with Crippen molar-refractivity contribution in [2.75, 3.05) is 0 Å². The van der Waals surface area contributed by atoms with Gasteiger partial charge in [0, 0.05) is 18.1 Å². The van der Waals surface area contributed by atoms with Gasteiger partial charge in [0.15, 0.2) is 6.29 Å². The van der Waals surface area contributed by atoms with Gasteiger partial charge in [-0.2, -0.15) is 8.78 Å². The van der Waals surface area contributed by atoms with Crippen LogP contribution >= 0.6 is 0 Å². The minimum absolute atomic E-state index is 0.298. The highest BCUT2D eigenvalue weighted by Gasteiger charge is 2.49. The summed E-state index contributed by atoms with van der Waals surface area (Å²) in [5.41, 5.74) is -2.18. The molecule has 1 atom stereocenters. The molecule has 0 aromatic heterocycles. The summed E-state index contributed by atoms with van der Waals surface area (Å²) < 4.78 is 99.5. The van der Waals surface area contributed by atoms with E-state index >= 15 is 0 Å². The van der Waals surface area contributed by atoms with Crippen LogP contribution in [-0.4, -0.2) is 17.8 Å². The molecule has 3 nitrogen and oxygen atoms in total. The molecule has 0 bridgehead atoms. The van der Waals surface area contributed by atoms with Crippen molar-refractivity contribution in [3.63, 3.8) is 0 Å². The molecule has 1 aromatic rings. The Morgan fingerprint density at radius 1 is 0.882 bits per heavy atom. The molecule has 0 amide bonds. The van der Waals surface area contributed by atoms with E-state index in [4.69, 9.17) is 4.74 Å². The van der Waals surface area contributed by atoms with Crippen LogP contribution in [0.5, 0.6) is 5.75 Å². The van der Waals surface area contributed by atoms with Crippen molar-refractivity contribution in [3.05, 3.63) is 29.3 Å². The Morgan fingerprint density at radius 3 is 1.85 bits per heavy atom. The molecule has 0 heterocycles. The third-order valence-electron chi connectivity index (χ3n) is 7.28. The number of benzene rings is 1. The summed E-state index contributed by atoms with van der Waals surface area (Å²) in [6, 6.07) is 0.630. The topological polar surface area (TPSA) is 38.7 Å². The minimum Gasteiger partial charge on any atom is -0.465 e. The van der Waals surface area contributed by atoms with Crippen LogP contribution in [0.3, 0.4) is 0 Å². The SMILES string of the molecule is CCCC1CCC(C2CCC(C(O)Oc3cc(F)c(C(F)(F)OC(F)(F)F)c(F)c3)CC2)CC1. The quantitative estimate of drug-likeness (QED) is 0.294. The molecule has 10 heteroatoms. The summed E-state index contributed by atoms with van der Waals surface area (Å²) in [5, 5.41) is 10.4. The molecule has 0 spiro atoms. The second kappa shape index (κ2) is 11.0. The Labute approximate surface area is 194 Å². The molecular weight excluding hydrogens is 469 g/mol. The predicted octanol–water partition coefficient (Wildman–Crippen LogP) is 7.66. The van der Waals surface area contributed by atoms with Gasteiger partial charge in [-0.25, -0.2) is 13.5 Å². The molecule has 1 N–H and O–H groups in total. The van der Waals surface area contributed by atoms with Gasteiger partial charge in [-0.05, 0) is 56.3 Å². The number of aliphatic hydroxyl groups excluding tert-OH is 1. The van der Waals surface area contributed by atoms with E-state index < -0.39 is 41.7 Å². The van der Waals surface area contributed by atoms with Gasteiger partial charge >= 0.3 is 12.5 Å². The van der Waals surface area contributed by atoms with Crippen LogP contribution in [0, 0.1) is 35.3 Å². The molecule has 34 heavy (non-hydrogen) atoms. The van der Waals surface area contributed by atoms with E-state index in [1.807, 2.05) is 0 Å². The highest BCUT2D eigenvalue weighted by molar-refractivity contribution is 5.32. The third-order valence-corrected chi connectivity index (χ3v) is 7.28. The van der Waals surface area contributed by atoms with E-state index in [2.05, 4.69) is 11.7 Å². The van der Waals surface area contributed by atoms with Crippen LogP contribution in [0.2, 0.25) is 0 Å². The maximum atomic E-state index is 14.1. The van der Waals surface area contributed by atoms with Crippen molar-refractivity contribution in [3.8, 4) is 5.75 Å². The predicted molar refractivity (Wildman–Crippen MR) is 110 cm³/mol. The van der Waals surface area contributed by atoms with Crippen molar-refractivity contribution in [2.45, 2.75) is 89.9 Å². The molecule has 1 aromatic carbocycles. The summed E-state index contributed by atoms with van der Waals surface area (Å²) in [6.45, 7) is 2.20. The van der Waals surface area contributed by atoms with Gasteiger partial charge in [0.05, 0.1) is 0 Å². The van der Waals surface area contributed by atoms with E-state index in [1.165, 1.54) is 38.5 Å². The lowest BCUT2D eigenvalue weighted by atomic mass is 9.68. The van der Waals surface area contributed by atoms with E-state index in [-0.39, 0.29) is 5.92 Å². The molecular formula is C24H31F7O3. The largest absolute Gasteiger partial charge is 0.527 e. The van der Waals surface area contributed by atoms with Gasteiger partial charge in [0.25, 0.3) is 0 Å². The van der Waals surface area contributed by atoms with Crippen LogP contribution in [0.15, 0.2) is 12.1 Å². The fourth-order valence-corrected chi connectivity index (χ4v) is 5.59. The minimum atomic E-state index is -5.80. The molecule has 2 aliphatic carbocycles. The van der Waals surface area contributed by atoms with Crippen LogP contribution in [0.4, 0.5) is 30.7 Å². The van der Waals surface area contributed by atoms with E-state index in [1.54, 1.807) is 0 Å². The highest BCUT2D eigenvalue weighted by atomic mass is 19.4. The van der Waals surface area contributed by atoms with Gasteiger partial charge in [-0.3, -0.25) is 0 Å². The number of hydrogen-bond acceptors (Lipinski definition) is 3. The lowest BCUT2D eigenvalue weighted by Gasteiger charge is -2.38. The average Bonchev–Trinajstić information content (AvgIpc) is 2.72. The summed E-state index contributed by atoms with van der Waals surface area (Å²) >= 11 is 0. The second-order valence-corrected chi connectivity index (χ2v) is 9.58. The Morgan fingerprint density at radius 2 is 1.38 bits per heavy atom. The molecule has 0 saturated heterocycles. The average molecular weight is 500 g/mol. The molecule has 2 aliphatic rings. The standard InChI is InChI=1S/C24H31F7O3/c1-2-3-14-4-6-15(7-5-14)16-8-10-17(11-9-16)22(32)33-18-12-19(25)21(20(26)13-18)23(27,28)34-24(29,30)31/h12-17,22,32H,2-11H2,1H3. The summed E-state index contributed by atoms with van der Waals surface area (Å²) in [4.78, 5) is 0. The van der Waals surface area contributed by atoms with E-state index in [0.717, 1.165) is 18.8 Å². The molecule has 2 saturated carbocycles. The second-order valence-electron chi connectivity index (χ2n) is 9.58. The monoisotopic (exact) mass is 500 g/mol. The Bertz CT molecular complexity index is 775. The summed E-state index contributed by atoms with van der Waals surface area (Å²) in [5.74, 6) is -2.78. The van der Waals surface area contributed by atoms with Crippen molar-refractivity contribution in [1.82, 2.24) is 0 Å². The van der Waals surface area contributed by atoms with E-state index in [9.17, 15) is 35.8 Å². The fourth-order valence-electron chi connectivity index (χ4n) is 5.59. The first-order valence-corrected chi connectivity index (χ1v) is 11.9. The molecule has 3 rings (SSSR count). The zero-order valence-corrected chi connectivity index (χ0v) is 19.0. The van der Waals surface area contributed by atoms with Gasteiger partial charge in [-0.1, -0.05) is 32.6 Å². The fraction of sp³-hybridized carbons (Fsp3) is 0.750. The highest BCUT2D eigenvalue weighted by Crippen LogP contribution is 2.44. The lowest BCUT2D eigenvalue weighted by molar-refractivity contribution is -0.432. The molecule has 2 fully saturated rings. The summed E-state index contributed by atoms with van der Waals surface area (Å²) in [7, 11) is 0. The van der Waals surface area contributed by atoms with E-state index in [0.29, 0.717) is 36.8 Å². The zero-order chi connectivity index (χ0) is 25.1. The van der Waals surface area contributed by atoms with Gasteiger partial charge in [0.1, 0.15) is 22.9 Å². The molecule has 0 aliphatic heterocycles. The van der Waals surface area contributed by atoms with Gasteiger partial charge in [0.2, 0.25) is 0 Å². The molecule has 194 valence electrons. The van der Waals surface area contributed by atoms with Crippen LogP contribution in [0.1, 0.15) is 76.7 Å². The van der Waals surface area contributed by atoms with Crippen molar-refractivity contribution >= 4 is 0 Å². The first kappa shape index (κ1) is 27.0. The number of halogens is 7. The lowest BCUT2D eigenvalue weighted by Crippen LogP contribution is -2.33. The normalized spacial score (nSPS) is 27.4. The number of hydrogen-bond donors (Lipinski definition) is 1.